The molecule has 0 radical (unpaired) electrons. The topological polar surface area (TPSA) is 71.7 Å². The zero-order valence-electron chi connectivity index (χ0n) is 13.6. The minimum Gasteiger partial charge on any atom is -0.464 e. The molecule has 0 aliphatic rings. The number of carbonyl (C=O) groups excluding carboxylic acids is 1. The molecule has 2 N–H and O–H groups in total. The van der Waals surface area contributed by atoms with Crippen LogP contribution in [-0.2, 0) is 9.53 Å². The molecule has 24 heavy (non-hydrogen) atoms. The Morgan fingerprint density at radius 3 is 2.58 bits per heavy atom. The summed E-state index contributed by atoms with van der Waals surface area (Å²) in [5.74, 6) is -0.865. The van der Waals surface area contributed by atoms with Crippen LogP contribution >= 0.6 is 23.2 Å². The van der Waals surface area contributed by atoms with E-state index in [1.807, 2.05) is 11.5 Å². The number of esters is 1. The second kappa shape index (κ2) is 7.57. The summed E-state index contributed by atoms with van der Waals surface area (Å²) in [7, 11) is 0. The lowest BCUT2D eigenvalue weighted by molar-refractivity contribution is -0.159. The van der Waals surface area contributed by atoms with E-state index in [4.69, 9.17) is 27.9 Å². The quantitative estimate of drug-likeness (QED) is 0.790. The van der Waals surface area contributed by atoms with Gasteiger partial charge in [-0.3, -0.25) is 0 Å². The monoisotopic (exact) mass is 371 g/mol. The number of hydrogen-bond donors (Lipinski definition) is 2. The van der Waals surface area contributed by atoms with Crippen molar-refractivity contribution in [3.8, 4) is 5.69 Å². The number of hydrogen-bond acceptors (Lipinski definition) is 4. The SMILES string of the molecule is CCOC(=O)C(O)C(O)c1cc(C)n(-c2cccc(Cl)c2Cl)c1C. The molecular weight excluding hydrogens is 353 g/mol. The fourth-order valence-electron chi connectivity index (χ4n) is 2.65. The molecule has 2 aromatic rings. The van der Waals surface area contributed by atoms with Crippen LogP contribution in [0.2, 0.25) is 10.0 Å². The van der Waals surface area contributed by atoms with Gasteiger partial charge in [-0.2, -0.15) is 0 Å². The lowest BCUT2D eigenvalue weighted by Crippen LogP contribution is -2.30. The number of halogens is 2. The van der Waals surface area contributed by atoms with Gasteiger partial charge in [-0.25, -0.2) is 4.79 Å². The van der Waals surface area contributed by atoms with Crippen LogP contribution < -0.4 is 0 Å². The Kier molecular flexibility index (Phi) is 5.93. The van der Waals surface area contributed by atoms with E-state index in [1.54, 1.807) is 38.1 Å². The molecular formula is C17H19Cl2NO4. The van der Waals surface area contributed by atoms with Gasteiger partial charge in [0.05, 0.1) is 22.3 Å². The fraction of sp³-hybridized carbons (Fsp3) is 0.353. The largest absolute Gasteiger partial charge is 0.464 e. The Labute approximate surface area is 150 Å². The average molecular weight is 372 g/mol. The number of aliphatic hydroxyl groups is 2. The maximum absolute atomic E-state index is 11.7. The molecule has 7 heteroatoms. The minimum absolute atomic E-state index is 0.125. The summed E-state index contributed by atoms with van der Waals surface area (Å²) in [4.78, 5) is 11.7. The number of aromatic nitrogens is 1. The number of rotatable bonds is 5. The molecule has 2 atom stereocenters. The van der Waals surface area contributed by atoms with Crippen molar-refractivity contribution in [2.24, 2.45) is 0 Å². The molecule has 0 spiro atoms. The molecule has 2 rings (SSSR count). The normalized spacial score (nSPS) is 13.6. The first-order valence-electron chi connectivity index (χ1n) is 7.45. The summed E-state index contributed by atoms with van der Waals surface area (Å²) >= 11 is 12.3. The van der Waals surface area contributed by atoms with E-state index in [0.29, 0.717) is 27.0 Å². The lowest BCUT2D eigenvalue weighted by atomic mass is 10.0. The van der Waals surface area contributed by atoms with Crippen molar-refractivity contribution in [3.63, 3.8) is 0 Å². The van der Waals surface area contributed by atoms with Gasteiger partial charge in [0.1, 0.15) is 6.10 Å². The second-order valence-corrected chi connectivity index (χ2v) is 6.16. The molecule has 0 bridgehead atoms. The van der Waals surface area contributed by atoms with Gasteiger partial charge in [-0.15, -0.1) is 0 Å². The van der Waals surface area contributed by atoms with Crippen molar-refractivity contribution in [1.82, 2.24) is 4.57 Å². The van der Waals surface area contributed by atoms with Crippen LogP contribution in [0, 0.1) is 13.8 Å². The Morgan fingerprint density at radius 1 is 1.29 bits per heavy atom. The molecule has 1 heterocycles. The van der Waals surface area contributed by atoms with Crippen LogP contribution in [0.4, 0.5) is 0 Å². The molecule has 1 aromatic carbocycles. The molecule has 0 saturated carbocycles. The first kappa shape index (κ1) is 18.8. The average Bonchev–Trinajstić information content (AvgIpc) is 2.84. The number of carbonyl (C=O) groups is 1. The first-order chi connectivity index (χ1) is 11.3. The number of aryl methyl sites for hydroxylation is 1. The number of ether oxygens (including phenoxy) is 1. The van der Waals surface area contributed by atoms with Crippen LogP contribution in [-0.4, -0.2) is 33.5 Å². The van der Waals surface area contributed by atoms with Crippen LogP contribution in [0.25, 0.3) is 5.69 Å². The van der Waals surface area contributed by atoms with Crippen LogP contribution in [0.15, 0.2) is 24.3 Å². The van der Waals surface area contributed by atoms with Gasteiger partial charge in [0.25, 0.3) is 0 Å². The maximum Gasteiger partial charge on any atom is 0.338 e. The van der Waals surface area contributed by atoms with E-state index in [1.165, 1.54) is 0 Å². The standard InChI is InChI=1S/C17H19Cl2NO4/c1-4-24-17(23)16(22)15(21)11-8-9(2)20(10(11)3)13-7-5-6-12(18)14(13)19/h5-8,15-16,21-22H,4H2,1-3H3. The van der Waals surface area contributed by atoms with E-state index < -0.39 is 18.2 Å². The molecule has 0 fully saturated rings. The van der Waals surface area contributed by atoms with Gasteiger partial charge in [0.15, 0.2) is 6.10 Å². The molecule has 5 nitrogen and oxygen atoms in total. The third kappa shape index (κ3) is 3.44. The Balaban J connectivity index is 2.46. The Morgan fingerprint density at radius 2 is 1.96 bits per heavy atom. The molecule has 1 aromatic heterocycles. The van der Waals surface area contributed by atoms with E-state index >= 15 is 0 Å². The highest BCUT2D eigenvalue weighted by Gasteiger charge is 2.30. The van der Waals surface area contributed by atoms with Crippen molar-refractivity contribution in [1.29, 1.82) is 0 Å². The highest BCUT2D eigenvalue weighted by atomic mass is 35.5. The van der Waals surface area contributed by atoms with Gasteiger partial charge >= 0.3 is 5.97 Å². The Bertz CT molecular complexity index is 757. The molecule has 0 aliphatic heterocycles. The van der Waals surface area contributed by atoms with E-state index in [2.05, 4.69) is 0 Å². The number of nitrogens with zero attached hydrogens (tertiary/aromatic N) is 1. The molecule has 2 unspecified atom stereocenters. The maximum atomic E-state index is 11.7. The van der Waals surface area contributed by atoms with Crippen LogP contribution in [0.1, 0.15) is 30.0 Å². The number of aliphatic hydroxyl groups excluding tert-OH is 2. The van der Waals surface area contributed by atoms with Crippen molar-refractivity contribution < 1.29 is 19.7 Å². The summed E-state index contributed by atoms with van der Waals surface area (Å²) in [5, 5.41) is 21.1. The third-order valence-electron chi connectivity index (χ3n) is 3.79. The minimum atomic E-state index is -1.66. The molecule has 0 aliphatic carbocycles. The highest BCUT2D eigenvalue weighted by Crippen LogP contribution is 2.33. The third-order valence-corrected chi connectivity index (χ3v) is 4.60. The molecule has 0 amide bonds. The fourth-order valence-corrected chi connectivity index (χ4v) is 3.03. The lowest BCUT2D eigenvalue weighted by Gasteiger charge is -2.17. The van der Waals surface area contributed by atoms with Gasteiger partial charge in [0.2, 0.25) is 0 Å². The zero-order chi connectivity index (χ0) is 18.0. The second-order valence-electron chi connectivity index (χ2n) is 5.38. The van der Waals surface area contributed by atoms with E-state index in [0.717, 1.165) is 5.69 Å². The summed E-state index contributed by atoms with van der Waals surface area (Å²) in [6, 6.07) is 6.94. The summed E-state index contributed by atoms with van der Waals surface area (Å²) < 4.78 is 6.56. The van der Waals surface area contributed by atoms with Crippen molar-refractivity contribution in [2.45, 2.75) is 33.0 Å². The van der Waals surface area contributed by atoms with Crippen LogP contribution in [0.5, 0.6) is 0 Å². The van der Waals surface area contributed by atoms with Crippen LogP contribution in [0.3, 0.4) is 0 Å². The summed E-state index contributed by atoms with van der Waals surface area (Å²) in [5.41, 5.74) is 2.50. The van der Waals surface area contributed by atoms with Gasteiger partial charge < -0.3 is 19.5 Å². The predicted octanol–water partition coefficient (Wildman–Crippen LogP) is 3.36. The molecule has 0 saturated heterocycles. The van der Waals surface area contributed by atoms with Crippen molar-refractivity contribution >= 4 is 29.2 Å². The Hall–Kier alpha value is -1.53. The van der Waals surface area contributed by atoms with Gasteiger partial charge in [0, 0.05) is 17.0 Å². The zero-order valence-corrected chi connectivity index (χ0v) is 15.1. The summed E-state index contributed by atoms with van der Waals surface area (Å²) in [6.07, 6.45) is -3.06. The number of benzene rings is 1. The van der Waals surface area contributed by atoms with Gasteiger partial charge in [-0.05, 0) is 39.0 Å². The van der Waals surface area contributed by atoms with Crippen molar-refractivity contribution in [2.75, 3.05) is 6.61 Å². The molecule has 130 valence electrons. The first-order valence-corrected chi connectivity index (χ1v) is 8.21. The smallest absolute Gasteiger partial charge is 0.338 e. The summed E-state index contributed by atoms with van der Waals surface area (Å²) in [6.45, 7) is 5.35. The highest BCUT2D eigenvalue weighted by molar-refractivity contribution is 6.43. The van der Waals surface area contributed by atoms with E-state index in [-0.39, 0.29) is 6.61 Å². The van der Waals surface area contributed by atoms with E-state index in [9.17, 15) is 15.0 Å². The van der Waals surface area contributed by atoms with Gasteiger partial charge in [-0.1, -0.05) is 29.3 Å². The predicted molar refractivity (Wildman–Crippen MR) is 92.9 cm³/mol. The van der Waals surface area contributed by atoms with Crippen molar-refractivity contribution in [3.05, 3.63) is 51.3 Å².